The van der Waals surface area contributed by atoms with Crippen molar-refractivity contribution >= 4 is 54.8 Å². The lowest BCUT2D eigenvalue weighted by Gasteiger charge is -2.33. The Balaban J connectivity index is 0.000000317. The summed E-state index contributed by atoms with van der Waals surface area (Å²) in [4.78, 5) is 30.7. The molecular formula is C27H26Br2N6O3. The zero-order chi connectivity index (χ0) is 27.4. The number of nitriles is 1. The maximum atomic E-state index is 13.6. The van der Waals surface area contributed by atoms with Crippen LogP contribution in [0.4, 0.5) is 5.95 Å². The molecule has 0 bridgehead atoms. The zero-order valence-corrected chi connectivity index (χ0v) is 23.8. The molecule has 11 heteroatoms. The minimum atomic E-state index is -0.879. The van der Waals surface area contributed by atoms with Crippen LogP contribution in [-0.4, -0.2) is 44.3 Å². The molecular weight excluding hydrogens is 616 g/mol. The van der Waals surface area contributed by atoms with Gasteiger partial charge in [-0.15, -0.1) is 0 Å². The molecule has 1 aliphatic heterocycles. The molecule has 2 aromatic carbocycles. The number of carbonyl (C=O) groups is 1. The number of carboxylic acid groups (broad SMARTS) is 1. The molecule has 3 N–H and O–H groups in total. The summed E-state index contributed by atoms with van der Waals surface area (Å²) in [5.41, 5.74) is 8.32. The van der Waals surface area contributed by atoms with E-state index in [-0.39, 0.29) is 18.1 Å². The highest BCUT2D eigenvalue weighted by molar-refractivity contribution is 9.13. The topological polar surface area (TPSA) is 130 Å². The van der Waals surface area contributed by atoms with Crippen LogP contribution in [0.3, 0.4) is 0 Å². The third-order valence-electron chi connectivity index (χ3n) is 6.37. The smallest absolute Gasteiger partial charge is 0.335 e. The molecule has 5 rings (SSSR count). The largest absolute Gasteiger partial charge is 0.478 e. The van der Waals surface area contributed by atoms with Crippen molar-refractivity contribution in [2.75, 3.05) is 18.0 Å². The number of hydrogen-bond acceptors (Lipinski definition) is 6. The molecule has 38 heavy (non-hydrogen) atoms. The Morgan fingerprint density at radius 2 is 1.87 bits per heavy atom. The van der Waals surface area contributed by atoms with Gasteiger partial charge in [-0.3, -0.25) is 9.36 Å². The molecule has 0 amide bonds. The molecule has 0 radical (unpaired) electrons. The third kappa shape index (κ3) is 5.67. The normalized spacial score (nSPS) is 15.0. The lowest BCUT2D eigenvalue weighted by molar-refractivity contribution is 0.0697. The predicted octanol–water partition coefficient (Wildman–Crippen LogP) is 4.49. The van der Waals surface area contributed by atoms with Crippen molar-refractivity contribution in [2.24, 2.45) is 12.8 Å². The second-order valence-corrected chi connectivity index (χ2v) is 10.5. The highest BCUT2D eigenvalue weighted by Gasteiger charge is 2.26. The fraction of sp³-hybridized carbons (Fsp3) is 0.259. The van der Waals surface area contributed by atoms with Gasteiger partial charge in [0, 0.05) is 26.2 Å². The molecule has 1 fully saturated rings. The van der Waals surface area contributed by atoms with Gasteiger partial charge in [-0.25, -0.2) is 4.79 Å². The van der Waals surface area contributed by atoms with E-state index < -0.39 is 5.97 Å². The summed E-state index contributed by atoms with van der Waals surface area (Å²) in [6.45, 7) is 1.70. The molecule has 0 spiro atoms. The Bertz CT molecular complexity index is 1580. The van der Waals surface area contributed by atoms with Crippen LogP contribution in [0.25, 0.3) is 11.0 Å². The van der Waals surface area contributed by atoms with Gasteiger partial charge in [-0.05, 0) is 68.5 Å². The Morgan fingerprint density at radius 1 is 1.18 bits per heavy atom. The first-order valence-corrected chi connectivity index (χ1v) is 13.5. The van der Waals surface area contributed by atoms with Crippen molar-refractivity contribution in [1.29, 1.82) is 5.26 Å². The number of nitrogens with zero attached hydrogens (tertiary/aromatic N) is 5. The van der Waals surface area contributed by atoms with E-state index in [0.29, 0.717) is 39.1 Å². The summed E-state index contributed by atoms with van der Waals surface area (Å²) in [6, 6.07) is 17.9. The first kappa shape index (κ1) is 27.6. The lowest BCUT2D eigenvalue weighted by atomic mass is 10.1. The van der Waals surface area contributed by atoms with Gasteiger partial charge in [-0.2, -0.15) is 10.2 Å². The van der Waals surface area contributed by atoms with E-state index in [0.717, 1.165) is 29.6 Å². The predicted molar refractivity (Wildman–Crippen MR) is 153 cm³/mol. The molecule has 0 unspecified atom stereocenters. The van der Waals surface area contributed by atoms with E-state index >= 15 is 0 Å². The highest BCUT2D eigenvalue weighted by Crippen LogP contribution is 2.32. The van der Waals surface area contributed by atoms with Gasteiger partial charge in [0.05, 0.1) is 33.6 Å². The molecule has 1 saturated heterocycles. The second kappa shape index (κ2) is 11.9. The van der Waals surface area contributed by atoms with Crippen LogP contribution in [0.2, 0.25) is 0 Å². The van der Waals surface area contributed by atoms with E-state index in [2.05, 4.69) is 42.8 Å². The summed E-state index contributed by atoms with van der Waals surface area (Å²) in [5.74, 6) is -0.290. The number of benzene rings is 2. The number of anilines is 1. The van der Waals surface area contributed by atoms with Crippen LogP contribution in [0.5, 0.6) is 0 Å². The van der Waals surface area contributed by atoms with Crippen molar-refractivity contribution in [3.05, 3.63) is 90.7 Å². The van der Waals surface area contributed by atoms with Crippen molar-refractivity contribution in [3.63, 3.8) is 0 Å². The Hall–Kier alpha value is -3.46. The zero-order valence-electron chi connectivity index (χ0n) is 20.6. The van der Waals surface area contributed by atoms with Gasteiger partial charge in [0.1, 0.15) is 4.60 Å². The lowest BCUT2D eigenvalue weighted by Crippen LogP contribution is -2.45. The van der Waals surface area contributed by atoms with Crippen LogP contribution in [0, 0.1) is 11.3 Å². The minimum absolute atomic E-state index is 0.0445. The summed E-state index contributed by atoms with van der Waals surface area (Å²) in [6.07, 6.45) is 1.91. The number of halogens is 2. The number of aromatic carboxylic acids is 1. The monoisotopic (exact) mass is 640 g/mol. The number of nitrogens with two attached hydrogens (primary N) is 1. The summed E-state index contributed by atoms with van der Waals surface area (Å²) < 4.78 is 4.94. The number of aryl methyl sites for hydroxylation is 1. The number of carboxylic acids is 1. The molecule has 9 nitrogen and oxygen atoms in total. The van der Waals surface area contributed by atoms with Crippen molar-refractivity contribution in [2.45, 2.75) is 25.4 Å². The van der Waals surface area contributed by atoms with Gasteiger partial charge in [-0.1, -0.05) is 36.4 Å². The molecule has 3 heterocycles. The summed E-state index contributed by atoms with van der Waals surface area (Å²) in [7, 11) is 1.87. The van der Waals surface area contributed by atoms with Gasteiger partial charge < -0.3 is 20.3 Å². The molecule has 1 atom stereocenters. The molecule has 4 aromatic rings. The van der Waals surface area contributed by atoms with E-state index in [1.807, 2.05) is 29.8 Å². The van der Waals surface area contributed by atoms with Crippen molar-refractivity contribution < 1.29 is 9.90 Å². The number of rotatable bonds is 4. The summed E-state index contributed by atoms with van der Waals surface area (Å²) >= 11 is 7.05. The molecule has 2 aromatic heterocycles. The number of piperidine rings is 1. The number of fused-ring (bicyclic) bond motifs is 1. The first-order chi connectivity index (χ1) is 18.2. The van der Waals surface area contributed by atoms with Gasteiger partial charge in [0.25, 0.3) is 5.56 Å². The quantitative estimate of drug-likeness (QED) is 0.336. The van der Waals surface area contributed by atoms with Crippen molar-refractivity contribution in [1.82, 2.24) is 14.1 Å². The molecule has 1 aliphatic rings. The minimum Gasteiger partial charge on any atom is -0.478 e. The van der Waals surface area contributed by atoms with E-state index in [1.165, 1.54) is 0 Å². The van der Waals surface area contributed by atoms with Gasteiger partial charge >= 0.3 is 5.97 Å². The molecule has 0 aliphatic carbocycles. The second-order valence-electron chi connectivity index (χ2n) is 8.95. The van der Waals surface area contributed by atoms with Crippen LogP contribution in [-0.2, 0) is 13.6 Å². The number of hydrogen-bond donors (Lipinski definition) is 2. The van der Waals surface area contributed by atoms with E-state index in [9.17, 15) is 14.9 Å². The Kier molecular flexibility index (Phi) is 8.66. The molecule has 0 saturated carbocycles. The van der Waals surface area contributed by atoms with E-state index in [1.54, 1.807) is 41.0 Å². The van der Waals surface area contributed by atoms with E-state index in [4.69, 9.17) is 15.8 Å². The van der Waals surface area contributed by atoms with Gasteiger partial charge in [0.15, 0.2) is 5.65 Å². The SMILES string of the molecule is Cn1c(Br)c(Br)c2c(=O)n(Cc3ccccc3C#N)c(N3CCC[C@@H](N)C3)nc21.O=C(O)c1ccccc1. The fourth-order valence-corrected chi connectivity index (χ4v) is 5.38. The maximum Gasteiger partial charge on any atom is 0.335 e. The van der Waals surface area contributed by atoms with Crippen LogP contribution < -0.4 is 16.2 Å². The van der Waals surface area contributed by atoms with Gasteiger partial charge in [0.2, 0.25) is 5.95 Å². The van der Waals surface area contributed by atoms with Crippen LogP contribution in [0.15, 0.2) is 68.5 Å². The van der Waals surface area contributed by atoms with Crippen molar-refractivity contribution in [3.8, 4) is 6.07 Å². The first-order valence-electron chi connectivity index (χ1n) is 11.9. The average Bonchev–Trinajstić information content (AvgIpc) is 3.14. The maximum absolute atomic E-state index is 13.6. The number of aromatic nitrogens is 3. The fourth-order valence-electron chi connectivity index (χ4n) is 4.40. The highest BCUT2D eigenvalue weighted by atomic mass is 79.9. The van der Waals surface area contributed by atoms with Crippen LogP contribution in [0.1, 0.15) is 34.3 Å². The average molecular weight is 642 g/mol. The van der Waals surface area contributed by atoms with Crippen LogP contribution >= 0.6 is 31.9 Å². The standard InChI is InChI=1S/C20H20Br2N6O.C7H6O2/c1-26-17(22)16(21)15-18(26)25-20(27-8-4-7-14(24)11-27)28(19(15)29)10-13-6-3-2-5-12(13)9-23;8-7(9)6-4-2-1-3-5-6/h2-3,5-6,14H,4,7-8,10-11,24H2,1H3;1-5H,(H,8,9)/t14-;/m1./s1. The Labute approximate surface area is 236 Å². The Morgan fingerprint density at radius 3 is 2.50 bits per heavy atom. The molecule has 196 valence electrons. The third-order valence-corrected chi connectivity index (χ3v) is 8.60. The summed E-state index contributed by atoms with van der Waals surface area (Å²) in [5, 5.41) is 18.4.